The zero-order valence-corrected chi connectivity index (χ0v) is 7.59. The molecule has 0 saturated heterocycles. The molecular formula is C6H12N2O5. The van der Waals surface area contributed by atoms with Crippen molar-refractivity contribution in [3.8, 4) is 0 Å². The lowest BCUT2D eigenvalue weighted by atomic mass is 10.3. The summed E-state index contributed by atoms with van der Waals surface area (Å²) in [5, 5.41) is 15.8. The quantitative estimate of drug-likeness (QED) is 0.290. The average Bonchev–Trinajstić information content (AvgIpc) is 2.13. The highest BCUT2D eigenvalue weighted by Crippen LogP contribution is 2.05. The van der Waals surface area contributed by atoms with Crippen molar-refractivity contribution in [2.45, 2.75) is 12.7 Å². The van der Waals surface area contributed by atoms with E-state index in [1.807, 2.05) is 0 Å². The molecule has 0 rings (SSSR count). The van der Waals surface area contributed by atoms with Gasteiger partial charge in [-0.2, -0.15) is 4.99 Å². The van der Waals surface area contributed by atoms with Crippen LogP contribution in [0.2, 0.25) is 0 Å². The van der Waals surface area contributed by atoms with Crippen LogP contribution in [0.25, 0.3) is 0 Å². The molecule has 0 atom stereocenters. The second-order valence-corrected chi connectivity index (χ2v) is 2.25. The van der Waals surface area contributed by atoms with Gasteiger partial charge in [-0.3, -0.25) is 10.4 Å². The van der Waals surface area contributed by atoms with Crippen LogP contribution in [0.15, 0.2) is 4.99 Å². The van der Waals surface area contributed by atoms with Crippen molar-refractivity contribution in [2.75, 3.05) is 14.2 Å². The van der Waals surface area contributed by atoms with E-state index in [1.54, 1.807) is 0 Å². The van der Waals surface area contributed by atoms with Crippen molar-refractivity contribution in [3.05, 3.63) is 0 Å². The molecule has 0 aliphatic heterocycles. The summed E-state index contributed by atoms with van der Waals surface area (Å²) in [5.74, 6) is -1.16. The van der Waals surface area contributed by atoms with Gasteiger partial charge < -0.3 is 9.47 Å². The molecular weight excluding hydrogens is 180 g/mol. The van der Waals surface area contributed by atoms with Gasteiger partial charge in [0.15, 0.2) is 0 Å². The minimum Gasteiger partial charge on any atom is -0.349 e. The monoisotopic (exact) mass is 192 g/mol. The van der Waals surface area contributed by atoms with Crippen molar-refractivity contribution in [2.24, 2.45) is 4.99 Å². The predicted molar refractivity (Wildman–Crippen MR) is 41.7 cm³/mol. The largest absolute Gasteiger partial charge is 0.392 e. The molecule has 13 heavy (non-hydrogen) atoms. The lowest BCUT2D eigenvalue weighted by Gasteiger charge is -2.20. The molecule has 0 aliphatic carbocycles. The number of carbonyl (C=O) groups is 1. The van der Waals surface area contributed by atoms with Crippen LogP contribution in [-0.4, -0.2) is 47.9 Å². The maximum Gasteiger partial charge on any atom is 0.392 e. The van der Waals surface area contributed by atoms with Crippen molar-refractivity contribution < 1.29 is 24.7 Å². The van der Waals surface area contributed by atoms with Crippen molar-refractivity contribution >= 4 is 12.2 Å². The van der Waals surface area contributed by atoms with E-state index in [4.69, 9.17) is 19.9 Å². The Labute approximate surface area is 75.1 Å². The van der Waals surface area contributed by atoms with Gasteiger partial charge in [0.25, 0.3) is 0 Å². The van der Waals surface area contributed by atoms with Gasteiger partial charge in [0.2, 0.25) is 5.79 Å². The number of urea groups is 1. The highest BCUT2D eigenvalue weighted by Gasteiger charge is 2.20. The number of hydrogen-bond donors (Lipinski definition) is 2. The summed E-state index contributed by atoms with van der Waals surface area (Å²) >= 11 is 0. The number of nitrogens with zero attached hydrogens (tertiary/aromatic N) is 2. The van der Waals surface area contributed by atoms with E-state index in [9.17, 15) is 4.79 Å². The number of hydroxylamine groups is 2. The molecule has 2 amide bonds. The number of carbonyl (C=O) groups excluding carboxylic acids is 1. The average molecular weight is 192 g/mol. The number of amides is 2. The topological polar surface area (TPSA) is 91.6 Å². The van der Waals surface area contributed by atoms with E-state index >= 15 is 0 Å². The second-order valence-electron chi connectivity index (χ2n) is 2.25. The van der Waals surface area contributed by atoms with E-state index in [0.29, 0.717) is 0 Å². The molecule has 0 saturated carbocycles. The third-order valence-corrected chi connectivity index (χ3v) is 1.39. The zero-order valence-electron chi connectivity index (χ0n) is 7.59. The summed E-state index contributed by atoms with van der Waals surface area (Å²) in [5.41, 5.74) is 0. The summed E-state index contributed by atoms with van der Waals surface area (Å²) in [4.78, 5) is 13.7. The van der Waals surface area contributed by atoms with Gasteiger partial charge in [0, 0.05) is 14.2 Å². The number of ether oxygens (including phenoxy) is 2. The Morgan fingerprint density at radius 1 is 1.46 bits per heavy atom. The van der Waals surface area contributed by atoms with Gasteiger partial charge in [-0.25, -0.2) is 4.79 Å². The Kier molecular flexibility index (Phi) is 4.49. The van der Waals surface area contributed by atoms with Crippen LogP contribution in [-0.2, 0) is 9.47 Å². The highest BCUT2D eigenvalue weighted by atomic mass is 16.8. The van der Waals surface area contributed by atoms with Crippen LogP contribution < -0.4 is 0 Å². The summed E-state index contributed by atoms with van der Waals surface area (Å²) in [6.07, 6.45) is 1.01. The van der Waals surface area contributed by atoms with Crippen molar-refractivity contribution in [3.63, 3.8) is 0 Å². The molecule has 0 heterocycles. The number of hydrogen-bond acceptors (Lipinski definition) is 5. The Hall–Kier alpha value is -1.02. The van der Waals surface area contributed by atoms with Gasteiger partial charge >= 0.3 is 6.03 Å². The molecule has 0 bridgehead atoms. The summed E-state index contributed by atoms with van der Waals surface area (Å²) < 4.78 is 9.62. The Morgan fingerprint density at radius 3 is 2.23 bits per heavy atom. The van der Waals surface area contributed by atoms with E-state index in [0.717, 1.165) is 6.21 Å². The highest BCUT2D eigenvalue weighted by molar-refractivity contribution is 5.84. The lowest BCUT2D eigenvalue weighted by molar-refractivity contribution is -0.256. The standard InChI is InChI=1S/C6H12N2O5/c1-6(12-2,13-3)4-7-5(9)8(10)11/h4,10-11H,1-3H3. The number of aliphatic imine (C=N–C) groups is 1. The molecule has 2 N–H and O–H groups in total. The SMILES string of the molecule is COC(C)(C=NC(=O)N(O)O)OC. The lowest BCUT2D eigenvalue weighted by Crippen LogP contribution is -2.32. The summed E-state index contributed by atoms with van der Waals surface area (Å²) in [6, 6.07) is -1.24. The van der Waals surface area contributed by atoms with Crippen LogP contribution in [0.1, 0.15) is 6.92 Å². The fourth-order valence-electron chi connectivity index (χ4n) is 0.413. The van der Waals surface area contributed by atoms with Gasteiger partial charge in [-0.1, -0.05) is 5.23 Å². The van der Waals surface area contributed by atoms with E-state index in [1.165, 1.54) is 21.1 Å². The molecule has 7 nitrogen and oxygen atoms in total. The Bertz CT molecular complexity index is 199. The number of rotatable bonds is 3. The van der Waals surface area contributed by atoms with Crippen molar-refractivity contribution in [1.82, 2.24) is 5.23 Å². The molecule has 0 spiro atoms. The van der Waals surface area contributed by atoms with Gasteiger partial charge in [-0.05, 0) is 6.92 Å². The Morgan fingerprint density at radius 2 is 1.92 bits per heavy atom. The second kappa shape index (κ2) is 4.87. The first-order chi connectivity index (χ1) is 5.95. The smallest absolute Gasteiger partial charge is 0.349 e. The minimum atomic E-state index is -1.24. The molecule has 0 aromatic rings. The van der Waals surface area contributed by atoms with Crippen LogP contribution in [0.5, 0.6) is 0 Å². The van der Waals surface area contributed by atoms with Gasteiger partial charge in [-0.15, -0.1) is 0 Å². The van der Waals surface area contributed by atoms with Crippen LogP contribution >= 0.6 is 0 Å². The van der Waals surface area contributed by atoms with Crippen LogP contribution in [0.4, 0.5) is 4.79 Å². The van der Waals surface area contributed by atoms with Gasteiger partial charge in [0.1, 0.15) is 0 Å². The molecule has 0 aromatic carbocycles. The first kappa shape index (κ1) is 12.0. The van der Waals surface area contributed by atoms with Crippen molar-refractivity contribution in [1.29, 1.82) is 0 Å². The molecule has 0 aliphatic rings. The minimum absolute atomic E-state index is 0.637. The normalized spacial score (nSPS) is 12.1. The fraction of sp³-hybridized carbons (Fsp3) is 0.667. The molecule has 7 heteroatoms. The van der Waals surface area contributed by atoms with E-state index in [-0.39, 0.29) is 0 Å². The van der Waals surface area contributed by atoms with Gasteiger partial charge in [0.05, 0.1) is 6.21 Å². The van der Waals surface area contributed by atoms with E-state index < -0.39 is 17.0 Å². The van der Waals surface area contributed by atoms with Crippen LogP contribution in [0, 0.1) is 0 Å². The third kappa shape index (κ3) is 3.95. The molecule has 0 unspecified atom stereocenters. The molecule has 0 aromatic heterocycles. The predicted octanol–water partition coefficient (Wildman–Crippen LogP) is 0.267. The summed E-state index contributed by atoms with van der Waals surface area (Å²) in [6.45, 7) is 1.50. The fourth-order valence-corrected chi connectivity index (χ4v) is 0.413. The maximum absolute atomic E-state index is 10.5. The first-order valence-electron chi connectivity index (χ1n) is 3.32. The van der Waals surface area contributed by atoms with Crippen LogP contribution in [0.3, 0.4) is 0 Å². The summed E-state index contributed by atoms with van der Waals surface area (Å²) in [7, 11) is 2.71. The molecule has 76 valence electrons. The number of methoxy groups -OCH3 is 2. The molecule has 0 radical (unpaired) electrons. The zero-order chi connectivity index (χ0) is 10.5. The maximum atomic E-state index is 10.5. The first-order valence-corrected chi connectivity index (χ1v) is 3.32. The Balaban J connectivity index is 4.31. The molecule has 0 fully saturated rings. The third-order valence-electron chi connectivity index (χ3n) is 1.39. The van der Waals surface area contributed by atoms with E-state index in [2.05, 4.69) is 4.99 Å².